The van der Waals surface area contributed by atoms with Crippen molar-refractivity contribution in [3.05, 3.63) is 93.3 Å². The topological polar surface area (TPSA) is 154 Å². The van der Waals surface area contributed by atoms with Gasteiger partial charge in [0.25, 0.3) is 11.8 Å². The third-order valence-electron chi connectivity index (χ3n) is 17.5. The van der Waals surface area contributed by atoms with Gasteiger partial charge in [0.15, 0.2) is 0 Å². The van der Waals surface area contributed by atoms with Gasteiger partial charge in [0.1, 0.15) is 28.1 Å². The van der Waals surface area contributed by atoms with Gasteiger partial charge in [-0.3, -0.25) is 14.5 Å². The first-order valence-electron chi connectivity index (χ1n) is 24.3. The van der Waals surface area contributed by atoms with Crippen molar-refractivity contribution in [1.29, 1.82) is 0 Å². The quantitative estimate of drug-likeness (QED) is 0.106. The van der Waals surface area contributed by atoms with E-state index in [-0.39, 0.29) is 71.3 Å². The highest BCUT2D eigenvalue weighted by Crippen LogP contribution is 2.72. The summed E-state index contributed by atoms with van der Waals surface area (Å²) in [5.74, 6) is 0.498. The lowest BCUT2D eigenvalue weighted by Gasteiger charge is -2.57. The molecule has 13 rings (SSSR count). The maximum atomic E-state index is 15.2. The van der Waals surface area contributed by atoms with Crippen LogP contribution in [0.25, 0.3) is 0 Å². The monoisotopic (exact) mass is 907 g/mol. The Balaban J connectivity index is 1.09. The average molecular weight is 908 g/mol. The standard InChI is InChI=1S/C51H61N3O8S2/c1-2-50(21-3-4-22-50)26-37-35-12-11-33-32-19-23-51(44(33)43(35)47(58)61-37)38-15-13-30(29-9-7-28(8-10-29)6-5-25-55)49(60)64-63-39-16-14-34-31(20-24-52-46(34)53-39)36(42(32)45(51)48(59)62-38)27-54-40(56)17-18-41(54)57/h14-18,20,26,28-30,32-33,36,39,44,49,52-53,55,60H,2-13,19,21-25,27H2,1H3. The number of rotatable bonds is 8. The third kappa shape index (κ3) is 6.90. The molecule has 13 heteroatoms. The molecule has 0 radical (unpaired) electrons. The van der Waals surface area contributed by atoms with Gasteiger partial charge in [-0.05, 0) is 129 Å². The number of aliphatic hydroxyl groups excluding tert-OH is 2. The fourth-order valence-corrected chi connectivity index (χ4v) is 16.9. The lowest BCUT2D eigenvalue weighted by molar-refractivity contribution is -0.138. The molecule has 8 unspecified atom stereocenters. The van der Waals surface area contributed by atoms with Crippen molar-refractivity contribution in [2.45, 2.75) is 120 Å². The molecular weight excluding hydrogens is 847 g/mol. The van der Waals surface area contributed by atoms with Crippen LogP contribution in [0.3, 0.4) is 0 Å². The van der Waals surface area contributed by atoms with Crippen molar-refractivity contribution in [3.8, 4) is 0 Å². The highest BCUT2D eigenvalue weighted by Gasteiger charge is 2.69. The number of amides is 2. The summed E-state index contributed by atoms with van der Waals surface area (Å²) in [6, 6.07) is 0. The van der Waals surface area contributed by atoms with Crippen molar-refractivity contribution in [2.24, 2.45) is 52.3 Å². The molecular formula is C51H61N3O8S2. The number of fused-ring (bicyclic) bond motifs is 6. The van der Waals surface area contributed by atoms with Crippen LogP contribution in [0.5, 0.6) is 0 Å². The lowest BCUT2D eigenvalue weighted by Crippen LogP contribution is -2.54. The van der Waals surface area contributed by atoms with E-state index in [1.165, 1.54) is 40.7 Å². The van der Waals surface area contributed by atoms with Crippen molar-refractivity contribution >= 4 is 45.3 Å². The summed E-state index contributed by atoms with van der Waals surface area (Å²) in [6.07, 6.45) is 28.2. The van der Waals surface area contributed by atoms with E-state index >= 15 is 4.79 Å². The normalized spacial score (nSPS) is 38.1. The van der Waals surface area contributed by atoms with E-state index in [1.54, 1.807) is 10.8 Å². The van der Waals surface area contributed by atoms with Crippen molar-refractivity contribution in [3.63, 3.8) is 0 Å². The molecule has 8 atom stereocenters. The van der Waals surface area contributed by atoms with E-state index in [1.807, 2.05) is 0 Å². The molecule has 2 amide bonds. The summed E-state index contributed by atoms with van der Waals surface area (Å²) in [4.78, 5) is 58.0. The number of cyclic esters (lactones) is 1. The summed E-state index contributed by atoms with van der Waals surface area (Å²) >= 11 is 0. The van der Waals surface area contributed by atoms with Gasteiger partial charge in [-0.1, -0.05) is 72.4 Å². The second kappa shape index (κ2) is 16.8. The summed E-state index contributed by atoms with van der Waals surface area (Å²) in [5, 5.41) is 28.9. The van der Waals surface area contributed by atoms with E-state index in [2.05, 4.69) is 47.9 Å². The first-order valence-corrected chi connectivity index (χ1v) is 26.5. The fraction of sp³-hybridized carbons (Fsp3) is 0.608. The molecule has 0 aromatic carbocycles. The molecule has 3 saturated carbocycles. The van der Waals surface area contributed by atoms with Gasteiger partial charge in [-0.2, -0.15) is 0 Å². The van der Waals surface area contributed by atoms with Crippen LogP contribution in [0.15, 0.2) is 93.3 Å². The zero-order valence-corrected chi connectivity index (χ0v) is 38.4. The van der Waals surface area contributed by atoms with Gasteiger partial charge in [0.2, 0.25) is 0 Å². The van der Waals surface area contributed by atoms with Crippen LogP contribution in [-0.2, 0) is 28.7 Å². The van der Waals surface area contributed by atoms with Crippen molar-refractivity contribution in [1.82, 2.24) is 15.5 Å². The molecule has 7 heterocycles. The van der Waals surface area contributed by atoms with Gasteiger partial charge in [-0.25, -0.2) is 9.59 Å². The average Bonchev–Trinajstić information content (AvgIpc) is 4.07. The smallest absolute Gasteiger partial charge is 0.340 e. The molecule has 4 fully saturated rings. The van der Waals surface area contributed by atoms with E-state index in [4.69, 9.17) is 9.47 Å². The molecule has 7 aliphatic heterocycles. The van der Waals surface area contributed by atoms with Crippen LogP contribution in [0, 0.1) is 52.3 Å². The second-order valence-electron chi connectivity index (χ2n) is 20.4. The number of ether oxygens (including phenoxy) is 2. The maximum Gasteiger partial charge on any atom is 0.340 e. The number of imide groups is 1. The molecule has 4 N–H and O–H groups in total. The predicted molar refractivity (Wildman–Crippen MR) is 245 cm³/mol. The Morgan fingerprint density at radius 1 is 0.922 bits per heavy atom. The van der Waals surface area contributed by atoms with Crippen LogP contribution in [0.2, 0.25) is 0 Å². The molecule has 1 spiro atoms. The van der Waals surface area contributed by atoms with Crippen LogP contribution >= 0.6 is 21.6 Å². The van der Waals surface area contributed by atoms with Gasteiger partial charge in [0, 0.05) is 66.3 Å². The molecule has 13 aliphatic rings. The molecule has 340 valence electrons. The minimum Gasteiger partial charge on any atom is -0.427 e. The lowest BCUT2D eigenvalue weighted by atomic mass is 9.43. The molecule has 0 aromatic heterocycles. The minimum absolute atomic E-state index is 0.00475. The Kier molecular flexibility index (Phi) is 11.3. The summed E-state index contributed by atoms with van der Waals surface area (Å²) < 4.78 is 13.0. The Labute approximate surface area is 383 Å². The minimum atomic E-state index is -0.959. The van der Waals surface area contributed by atoms with E-state index in [0.717, 1.165) is 98.7 Å². The Morgan fingerprint density at radius 2 is 1.72 bits per heavy atom. The summed E-state index contributed by atoms with van der Waals surface area (Å²) in [6.45, 7) is 3.04. The third-order valence-corrected chi connectivity index (χ3v) is 20.2. The first kappa shape index (κ1) is 42.8. The Morgan fingerprint density at radius 3 is 2.48 bits per heavy atom. The number of dihydropyridines is 2. The summed E-state index contributed by atoms with van der Waals surface area (Å²) in [7, 11) is 3.09. The molecule has 6 aliphatic carbocycles. The van der Waals surface area contributed by atoms with Crippen LogP contribution in [0.1, 0.15) is 110 Å². The van der Waals surface area contributed by atoms with Gasteiger partial charge in [0.05, 0.1) is 11.0 Å². The second-order valence-corrected chi connectivity index (χ2v) is 22.9. The number of nitrogens with zero attached hydrogens (tertiary/aromatic N) is 1. The van der Waals surface area contributed by atoms with E-state index < -0.39 is 22.7 Å². The van der Waals surface area contributed by atoms with Crippen LogP contribution in [0.4, 0.5) is 0 Å². The van der Waals surface area contributed by atoms with Gasteiger partial charge < -0.3 is 30.3 Å². The SMILES string of the molecule is CCC1(C=C2OC(=O)C3=C2CCC2C4CCC5(C6=CCC(C7CCC(CCCO)CC7)C(O)SSC7C=CC8=C(NCC=C8C(CN8C(=O)C=CC8=O)C4=C5C(=O)O6)N7)C32)CCCC1. The number of carbonyl (C=O) groups excluding carboxylic acids is 4. The number of hydrogen-bond donors (Lipinski definition) is 4. The highest BCUT2D eigenvalue weighted by atomic mass is 33.1. The zero-order valence-electron chi connectivity index (χ0n) is 36.8. The summed E-state index contributed by atoms with van der Waals surface area (Å²) in [5.41, 5.74) is 3.48. The molecule has 9 bridgehead atoms. The molecule has 0 aromatic rings. The molecule has 11 nitrogen and oxygen atoms in total. The van der Waals surface area contributed by atoms with Gasteiger partial charge in [-0.15, -0.1) is 0 Å². The molecule has 64 heavy (non-hydrogen) atoms. The predicted octanol–water partition coefficient (Wildman–Crippen LogP) is 7.93. The number of aliphatic hydroxyl groups is 2. The van der Waals surface area contributed by atoms with E-state index in [0.29, 0.717) is 54.4 Å². The number of allylic oxidation sites excluding steroid dienone is 6. The first-order chi connectivity index (χ1) is 31.1. The van der Waals surface area contributed by atoms with Gasteiger partial charge >= 0.3 is 11.9 Å². The van der Waals surface area contributed by atoms with E-state index in [9.17, 15) is 24.6 Å². The molecule has 1 saturated heterocycles. The number of hydrogen-bond acceptors (Lipinski definition) is 12. The zero-order chi connectivity index (χ0) is 43.9. The number of nitrogens with one attached hydrogen (secondary N) is 2. The fourth-order valence-electron chi connectivity index (χ4n) is 14.4. The Hall–Kier alpha value is -3.78. The number of carbonyl (C=O) groups is 4. The van der Waals surface area contributed by atoms with Crippen molar-refractivity contribution < 1.29 is 38.9 Å². The maximum absolute atomic E-state index is 15.2. The van der Waals surface area contributed by atoms with Crippen molar-refractivity contribution in [2.75, 3.05) is 19.7 Å². The van der Waals surface area contributed by atoms with Crippen LogP contribution < -0.4 is 10.6 Å². The largest absolute Gasteiger partial charge is 0.427 e. The number of esters is 2. The Bertz CT molecular complexity index is 2270. The van der Waals surface area contributed by atoms with Crippen LogP contribution in [-0.4, -0.2) is 69.4 Å². The highest BCUT2D eigenvalue weighted by molar-refractivity contribution is 8.77.